The molecule has 0 aliphatic heterocycles. The number of hydrogen-bond donors (Lipinski definition) is 1. The van der Waals surface area contributed by atoms with Crippen LogP contribution < -0.4 is 5.32 Å². The van der Waals surface area contributed by atoms with Gasteiger partial charge in [-0.3, -0.25) is 0 Å². The summed E-state index contributed by atoms with van der Waals surface area (Å²) in [6.45, 7) is 4.19. The zero-order valence-corrected chi connectivity index (χ0v) is 10.9. The third-order valence-corrected chi connectivity index (χ3v) is 4.40. The molecule has 0 bridgehead atoms. The Kier molecular flexibility index (Phi) is 3.95. The summed E-state index contributed by atoms with van der Waals surface area (Å²) >= 11 is 1.79. The average molecular weight is 240 g/mol. The van der Waals surface area contributed by atoms with Crippen LogP contribution >= 0.6 is 11.3 Å². The molecule has 1 saturated carbocycles. The molecule has 4 heteroatoms. The van der Waals surface area contributed by atoms with E-state index >= 15 is 0 Å². The topological polar surface area (TPSA) is 34.2 Å². The van der Waals surface area contributed by atoms with Crippen molar-refractivity contribution in [2.75, 3.05) is 13.7 Å². The third-order valence-electron chi connectivity index (χ3n) is 3.22. The predicted molar refractivity (Wildman–Crippen MR) is 66.6 cm³/mol. The van der Waals surface area contributed by atoms with Crippen LogP contribution in [0.3, 0.4) is 0 Å². The average Bonchev–Trinajstić information content (AvgIpc) is 2.67. The van der Waals surface area contributed by atoms with E-state index in [-0.39, 0.29) is 5.60 Å². The first-order chi connectivity index (χ1) is 7.80. The van der Waals surface area contributed by atoms with Crippen LogP contribution in [-0.2, 0) is 16.9 Å². The zero-order chi connectivity index (χ0) is 11.4. The third kappa shape index (κ3) is 2.29. The van der Waals surface area contributed by atoms with E-state index in [1.165, 1.54) is 17.7 Å². The highest BCUT2D eigenvalue weighted by molar-refractivity contribution is 7.11. The second-order valence-electron chi connectivity index (χ2n) is 4.36. The molecule has 16 heavy (non-hydrogen) atoms. The minimum atomic E-state index is -0.0479. The van der Waals surface area contributed by atoms with Crippen LogP contribution in [0.1, 0.15) is 42.5 Å². The normalized spacial score (nSPS) is 18.4. The van der Waals surface area contributed by atoms with E-state index in [1.807, 2.05) is 6.20 Å². The van der Waals surface area contributed by atoms with Gasteiger partial charge in [-0.15, -0.1) is 11.3 Å². The Morgan fingerprint density at radius 1 is 1.56 bits per heavy atom. The Bertz CT molecular complexity index is 328. The van der Waals surface area contributed by atoms with Crippen molar-refractivity contribution in [3.05, 3.63) is 16.1 Å². The second-order valence-corrected chi connectivity index (χ2v) is 5.48. The van der Waals surface area contributed by atoms with Crippen molar-refractivity contribution in [2.45, 2.75) is 44.8 Å². The van der Waals surface area contributed by atoms with Crippen LogP contribution in [0.5, 0.6) is 0 Å². The highest BCUT2D eigenvalue weighted by Gasteiger charge is 2.41. The summed E-state index contributed by atoms with van der Waals surface area (Å²) in [6.07, 6.45) is 6.67. The molecule has 1 aliphatic carbocycles. The molecular formula is C12H20N2OS. The van der Waals surface area contributed by atoms with Gasteiger partial charge in [0.2, 0.25) is 0 Å². The number of hydrogen-bond acceptors (Lipinski definition) is 4. The van der Waals surface area contributed by atoms with Crippen LogP contribution in [0.4, 0.5) is 0 Å². The van der Waals surface area contributed by atoms with Crippen molar-refractivity contribution in [2.24, 2.45) is 0 Å². The molecule has 1 aromatic rings. The molecule has 1 aromatic heterocycles. The summed E-state index contributed by atoms with van der Waals surface area (Å²) in [7, 11) is 1.80. The maximum Gasteiger partial charge on any atom is 0.125 e. The fourth-order valence-electron chi connectivity index (χ4n) is 1.99. The van der Waals surface area contributed by atoms with Gasteiger partial charge in [-0.05, 0) is 32.2 Å². The van der Waals surface area contributed by atoms with Gasteiger partial charge in [0, 0.05) is 24.7 Å². The number of ether oxygens (including phenoxy) is 1. The van der Waals surface area contributed by atoms with Crippen molar-refractivity contribution in [1.29, 1.82) is 0 Å². The van der Waals surface area contributed by atoms with E-state index in [0.29, 0.717) is 0 Å². The van der Waals surface area contributed by atoms with Crippen LogP contribution in [0.2, 0.25) is 0 Å². The Balaban J connectivity index is 1.96. The molecule has 0 unspecified atom stereocenters. The largest absolute Gasteiger partial charge is 0.371 e. The molecule has 0 atom stereocenters. The predicted octanol–water partition coefficient (Wildman–Crippen LogP) is 2.67. The molecule has 2 rings (SSSR count). The van der Waals surface area contributed by atoms with Gasteiger partial charge in [0.05, 0.1) is 0 Å². The van der Waals surface area contributed by atoms with Gasteiger partial charge in [-0.25, -0.2) is 4.98 Å². The van der Waals surface area contributed by atoms with Gasteiger partial charge in [0.25, 0.3) is 0 Å². The van der Waals surface area contributed by atoms with Gasteiger partial charge in [0.15, 0.2) is 0 Å². The van der Waals surface area contributed by atoms with Crippen LogP contribution in [0.15, 0.2) is 6.20 Å². The summed E-state index contributed by atoms with van der Waals surface area (Å²) in [5.74, 6) is 0. The smallest absolute Gasteiger partial charge is 0.125 e. The quantitative estimate of drug-likeness (QED) is 0.776. The van der Waals surface area contributed by atoms with E-state index in [1.54, 1.807) is 18.4 Å². The molecular weight excluding hydrogens is 220 g/mol. The van der Waals surface area contributed by atoms with Crippen LogP contribution in [-0.4, -0.2) is 18.6 Å². The SMILES string of the molecule is CCCNCc1cnc(C2(OC)CCC2)s1. The molecule has 1 aliphatic rings. The van der Waals surface area contributed by atoms with E-state index in [0.717, 1.165) is 30.9 Å². The summed E-state index contributed by atoms with van der Waals surface area (Å²) in [5.41, 5.74) is -0.0479. The van der Waals surface area contributed by atoms with Crippen molar-refractivity contribution in [3.63, 3.8) is 0 Å². The zero-order valence-electron chi connectivity index (χ0n) is 10.1. The summed E-state index contributed by atoms with van der Waals surface area (Å²) in [5, 5.41) is 4.56. The van der Waals surface area contributed by atoms with Crippen molar-refractivity contribution < 1.29 is 4.74 Å². The number of nitrogens with one attached hydrogen (secondary N) is 1. The standard InChI is InChI=1S/C12H20N2OS/c1-3-7-13-8-10-9-14-11(16-10)12(15-2)5-4-6-12/h9,13H,3-8H2,1-2H3. The Morgan fingerprint density at radius 2 is 2.38 bits per heavy atom. The van der Waals surface area contributed by atoms with E-state index in [4.69, 9.17) is 4.74 Å². The van der Waals surface area contributed by atoms with E-state index in [2.05, 4.69) is 17.2 Å². The first-order valence-corrected chi connectivity index (χ1v) is 6.83. The lowest BCUT2D eigenvalue weighted by molar-refractivity contribution is -0.0779. The molecule has 90 valence electrons. The van der Waals surface area contributed by atoms with E-state index < -0.39 is 0 Å². The Labute approximate surface area is 101 Å². The van der Waals surface area contributed by atoms with Gasteiger partial charge in [-0.1, -0.05) is 6.92 Å². The van der Waals surface area contributed by atoms with Gasteiger partial charge in [0.1, 0.15) is 10.6 Å². The highest BCUT2D eigenvalue weighted by atomic mass is 32.1. The minimum Gasteiger partial charge on any atom is -0.371 e. The number of rotatable bonds is 6. The van der Waals surface area contributed by atoms with Crippen molar-refractivity contribution in [1.82, 2.24) is 10.3 Å². The van der Waals surface area contributed by atoms with Crippen LogP contribution in [0.25, 0.3) is 0 Å². The van der Waals surface area contributed by atoms with E-state index in [9.17, 15) is 0 Å². The number of thiazole rings is 1. The Hall–Kier alpha value is -0.450. The van der Waals surface area contributed by atoms with Crippen molar-refractivity contribution >= 4 is 11.3 Å². The molecule has 0 amide bonds. The van der Waals surface area contributed by atoms with Gasteiger partial charge >= 0.3 is 0 Å². The number of nitrogens with zero attached hydrogens (tertiary/aromatic N) is 1. The van der Waals surface area contributed by atoms with Gasteiger partial charge in [-0.2, -0.15) is 0 Å². The molecule has 1 N–H and O–H groups in total. The lowest BCUT2D eigenvalue weighted by Crippen LogP contribution is -2.35. The molecule has 0 radical (unpaired) electrons. The summed E-state index contributed by atoms with van der Waals surface area (Å²) in [4.78, 5) is 5.83. The molecule has 0 saturated heterocycles. The first-order valence-electron chi connectivity index (χ1n) is 6.02. The first kappa shape index (κ1) is 12.0. The molecule has 0 spiro atoms. The fraction of sp³-hybridized carbons (Fsp3) is 0.750. The lowest BCUT2D eigenvalue weighted by atomic mass is 9.80. The van der Waals surface area contributed by atoms with Gasteiger partial charge < -0.3 is 10.1 Å². The molecule has 0 aromatic carbocycles. The maximum atomic E-state index is 5.63. The minimum absolute atomic E-state index is 0.0479. The Morgan fingerprint density at radius 3 is 2.94 bits per heavy atom. The monoisotopic (exact) mass is 240 g/mol. The lowest BCUT2D eigenvalue weighted by Gasteiger charge is -2.38. The molecule has 1 heterocycles. The maximum absolute atomic E-state index is 5.63. The van der Waals surface area contributed by atoms with Crippen LogP contribution in [0, 0.1) is 0 Å². The number of methoxy groups -OCH3 is 1. The fourth-order valence-corrected chi connectivity index (χ4v) is 3.10. The summed E-state index contributed by atoms with van der Waals surface area (Å²) < 4.78 is 5.63. The second kappa shape index (κ2) is 5.25. The molecule has 3 nitrogen and oxygen atoms in total. The van der Waals surface area contributed by atoms with Crippen molar-refractivity contribution in [3.8, 4) is 0 Å². The highest BCUT2D eigenvalue weighted by Crippen LogP contribution is 2.45. The molecule has 1 fully saturated rings. The number of aromatic nitrogens is 1. The summed E-state index contributed by atoms with van der Waals surface area (Å²) in [6, 6.07) is 0.